The van der Waals surface area contributed by atoms with Gasteiger partial charge in [0, 0.05) is 12.3 Å². The number of carbonyl (C=O) groups excluding carboxylic acids is 2. The average molecular weight is 336 g/mol. The molecule has 2 amide bonds. The minimum Gasteiger partial charge on any atom is -0.302 e. The summed E-state index contributed by atoms with van der Waals surface area (Å²) in [4.78, 5) is 31.2. The summed E-state index contributed by atoms with van der Waals surface area (Å²) >= 11 is 2.33. The molecule has 0 fully saturated rings. The van der Waals surface area contributed by atoms with Crippen LogP contribution in [0.1, 0.15) is 17.4 Å². The van der Waals surface area contributed by atoms with Crippen molar-refractivity contribution in [3.63, 3.8) is 0 Å². The molecule has 2 aromatic heterocycles. The van der Waals surface area contributed by atoms with Crippen molar-refractivity contribution in [1.29, 1.82) is 0 Å². The van der Waals surface area contributed by atoms with Crippen molar-refractivity contribution in [2.45, 2.75) is 6.92 Å². The van der Waals surface area contributed by atoms with E-state index < -0.39 is 5.91 Å². The molecule has 0 unspecified atom stereocenters. The van der Waals surface area contributed by atoms with Crippen LogP contribution >= 0.6 is 22.7 Å². The van der Waals surface area contributed by atoms with Crippen LogP contribution in [-0.2, 0) is 4.79 Å². The van der Waals surface area contributed by atoms with E-state index in [1.54, 1.807) is 6.07 Å². The lowest BCUT2D eigenvalue weighted by Crippen LogP contribution is -2.12. The fraction of sp³-hybridized carbons (Fsp3) is 0.0769. The van der Waals surface area contributed by atoms with Crippen LogP contribution in [0, 0.1) is 5.82 Å². The summed E-state index contributed by atoms with van der Waals surface area (Å²) < 4.78 is 13.8. The third kappa shape index (κ3) is 3.10. The number of nitrogens with zero attached hydrogens (tertiary/aromatic N) is 2. The van der Waals surface area contributed by atoms with Gasteiger partial charge in [-0.05, 0) is 18.2 Å². The summed E-state index contributed by atoms with van der Waals surface area (Å²) in [6.45, 7) is 1.36. The molecule has 112 valence electrons. The number of anilines is 2. The Kier molecular flexibility index (Phi) is 3.82. The third-order valence-corrected chi connectivity index (χ3v) is 4.28. The second kappa shape index (κ2) is 5.78. The van der Waals surface area contributed by atoms with Gasteiger partial charge in [-0.2, -0.15) is 0 Å². The zero-order chi connectivity index (χ0) is 15.7. The van der Waals surface area contributed by atoms with E-state index in [0.29, 0.717) is 20.5 Å². The average Bonchev–Trinajstić information content (AvgIpc) is 3.03. The van der Waals surface area contributed by atoms with E-state index in [4.69, 9.17) is 0 Å². The van der Waals surface area contributed by atoms with Crippen molar-refractivity contribution in [3.8, 4) is 0 Å². The minimum atomic E-state index is -0.438. The maximum absolute atomic E-state index is 13.1. The van der Waals surface area contributed by atoms with Gasteiger partial charge in [-0.3, -0.25) is 14.9 Å². The van der Waals surface area contributed by atoms with E-state index in [0.717, 1.165) is 11.3 Å². The highest BCUT2D eigenvalue weighted by atomic mass is 32.1. The number of fused-ring (bicyclic) bond motifs is 1. The fourth-order valence-electron chi connectivity index (χ4n) is 1.70. The van der Waals surface area contributed by atoms with E-state index in [1.165, 1.54) is 35.8 Å². The molecule has 0 aliphatic carbocycles. The number of hydrogen-bond donors (Lipinski definition) is 2. The van der Waals surface area contributed by atoms with E-state index >= 15 is 0 Å². The van der Waals surface area contributed by atoms with Crippen LogP contribution in [0.2, 0.25) is 0 Å². The highest BCUT2D eigenvalue weighted by Crippen LogP contribution is 2.27. The van der Waals surface area contributed by atoms with Gasteiger partial charge in [0.25, 0.3) is 5.91 Å². The standard InChI is InChI=1S/C13H9FN4O2S2/c1-6(19)15-12-17-9(5-21-12)11(20)18-13-16-8-3-2-7(14)4-10(8)22-13/h2-5H,1H3,(H,15,17,19)(H,16,18,20). The fourth-order valence-corrected chi connectivity index (χ4v) is 3.32. The van der Waals surface area contributed by atoms with E-state index in [1.807, 2.05) is 0 Å². The number of rotatable bonds is 3. The predicted octanol–water partition coefficient (Wildman–Crippen LogP) is 3.10. The second-order valence-corrected chi connectivity index (χ2v) is 6.19. The highest BCUT2D eigenvalue weighted by Gasteiger charge is 2.14. The van der Waals surface area contributed by atoms with Gasteiger partial charge in [0.05, 0.1) is 10.2 Å². The zero-order valence-electron chi connectivity index (χ0n) is 11.2. The van der Waals surface area contributed by atoms with Gasteiger partial charge in [-0.15, -0.1) is 11.3 Å². The van der Waals surface area contributed by atoms with Crippen molar-refractivity contribution in [2.75, 3.05) is 10.6 Å². The summed E-state index contributed by atoms with van der Waals surface area (Å²) in [5, 5.41) is 7.36. The molecule has 2 N–H and O–H groups in total. The molecule has 2 heterocycles. The normalized spacial score (nSPS) is 10.6. The van der Waals surface area contributed by atoms with Gasteiger partial charge < -0.3 is 5.32 Å². The first-order valence-corrected chi connectivity index (χ1v) is 7.81. The lowest BCUT2D eigenvalue weighted by molar-refractivity contribution is -0.114. The Labute approximate surface area is 132 Å². The topological polar surface area (TPSA) is 84.0 Å². The molecule has 0 saturated carbocycles. The number of carbonyl (C=O) groups is 2. The maximum Gasteiger partial charge on any atom is 0.276 e. The summed E-state index contributed by atoms with van der Waals surface area (Å²) in [6, 6.07) is 4.22. The van der Waals surface area contributed by atoms with Crippen molar-refractivity contribution in [2.24, 2.45) is 0 Å². The smallest absolute Gasteiger partial charge is 0.276 e. The summed E-state index contributed by atoms with van der Waals surface area (Å²) in [5.74, 6) is -1.05. The Morgan fingerprint density at radius 1 is 1.18 bits per heavy atom. The molecule has 9 heteroatoms. The van der Waals surface area contributed by atoms with Crippen LogP contribution in [0.3, 0.4) is 0 Å². The molecule has 0 bridgehead atoms. The maximum atomic E-state index is 13.1. The molecule has 0 aliphatic rings. The Morgan fingerprint density at radius 2 is 2.00 bits per heavy atom. The molecule has 22 heavy (non-hydrogen) atoms. The van der Waals surface area contributed by atoms with Crippen molar-refractivity contribution in [3.05, 3.63) is 35.1 Å². The molecular formula is C13H9FN4O2S2. The lowest BCUT2D eigenvalue weighted by atomic mass is 10.3. The van der Waals surface area contributed by atoms with E-state index in [2.05, 4.69) is 20.6 Å². The molecule has 3 aromatic rings. The first-order valence-electron chi connectivity index (χ1n) is 6.12. The number of hydrogen-bond acceptors (Lipinski definition) is 6. The van der Waals surface area contributed by atoms with E-state index in [9.17, 15) is 14.0 Å². The number of benzene rings is 1. The molecule has 6 nitrogen and oxygen atoms in total. The number of aromatic nitrogens is 2. The largest absolute Gasteiger partial charge is 0.302 e. The van der Waals surface area contributed by atoms with Gasteiger partial charge in [-0.25, -0.2) is 14.4 Å². The van der Waals surface area contributed by atoms with Crippen LogP contribution < -0.4 is 10.6 Å². The summed E-state index contributed by atoms with van der Waals surface area (Å²) in [6.07, 6.45) is 0. The molecule has 1 aromatic carbocycles. The Balaban J connectivity index is 1.77. The number of thiazole rings is 2. The first-order chi connectivity index (χ1) is 10.5. The van der Waals surface area contributed by atoms with Gasteiger partial charge >= 0.3 is 0 Å². The van der Waals surface area contributed by atoms with Gasteiger partial charge in [0.2, 0.25) is 5.91 Å². The van der Waals surface area contributed by atoms with Crippen LogP contribution in [0.25, 0.3) is 10.2 Å². The highest BCUT2D eigenvalue weighted by molar-refractivity contribution is 7.22. The second-order valence-electron chi connectivity index (χ2n) is 4.30. The van der Waals surface area contributed by atoms with Crippen LogP contribution in [0.15, 0.2) is 23.6 Å². The lowest BCUT2D eigenvalue weighted by Gasteiger charge is -1.97. The SMILES string of the molecule is CC(=O)Nc1nc(C(=O)Nc2nc3ccc(F)cc3s2)cs1. The van der Waals surface area contributed by atoms with E-state index in [-0.39, 0.29) is 17.4 Å². The number of nitrogens with one attached hydrogen (secondary N) is 2. The van der Waals surface area contributed by atoms with Crippen LogP contribution in [-0.4, -0.2) is 21.8 Å². The summed E-state index contributed by atoms with van der Waals surface area (Å²) in [5.41, 5.74) is 0.790. The molecule has 3 rings (SSSR count). The quantitative estimate of drug-likeness (QED) is 0.770. The monoisotopic (exact) mass is 336 g/mol. The molecule has 0 radical (unpaired) electrons. The van der Waals surface area contributed by atoms with Gasteiger partial charge in [0.15, 0.2) is 10.3 Å². The van der Waals surface area contributed by atoms with Crippen LogP contribution in [0.4, 0.5) is 14.7 Å². The van der Waals surface area contributed by atoms with Crippen LogP contribution in [0.5, 0.6) is 0 Å². The molecule has 0 spiro atoms. The molecule has 0 saturated heterocycles. The predicted molar refractivity (Wildman–Crippen MR) is 83.9 cm³/mol. The number of amides is 2. The van der Waals surface area contributed by atoms with Gasteiger partial charge in [0.1, 0.15) is 11.5 Å². The molecule has 0 atom stereocenters. The molecule has 0 aliphatic heterocycles. The minimum absolute atomic E-state index is 0.180. The Bertz CT molecular complexity index is 874. The number of halogens is 1. The van der Waals surface area contributed by atoms with Crippen molar-refractivity contribution < 1.29 is 14.0 Å². The Morgan fingerprint density at radius 3 is 2.77 bits per heavy atom. The third-order valence-electron chi connectivity index (χ3n) is 2.59. The van der Waals surface area contributed by atoms with Crippen molar-refractivity contribution >= 4 is 55.0 Å². The zero-order valence-corrected chi connectivity index (χ0v) is 12.8. The summed E-state index contributed by atoms with van der Waals surface area (Å²) in [7, 11) is 0. The van der Waals surface area contributed by atoms with Crippen molar-refractivity contribution in [1.82, 2.24) is 9.97 Å². The first kappa shape index (κ1) is 14.5. The van der Waals surface area contributed by atoms with Gasteiger partial charge in [-0.1, -0.05) is 11.3 Å². The molecular weight excluding hydrogens is 327 g/mol. The Hall–Kier alpha value is -2.39.